The van der Waals surface area contributed by atoms with Gasteiger partial charge in [-0.2, -0.15) is 13.2 Å². The lowest BCUT2D eigenvalue weighted by Gasteiger charge is -2.32. The fraction of sp³-hybridized carbons (Fsp3) is 0.381. The van der Waals surface area contributed by atoms with E-state index in [0.29, 0.717) is 6.04 Å². The van der Waals surface area contributed by atoms with Crippen molar-refractivity contribution in [2.75, 3.05) is 13.6 Å². The molecule has 1 heterocycles. The lowest BCUT2D eigenvalue weighted by molar-refractivity contribution is -0.137. The van der Waals surface area contributed by atoms with Crippen LogP contribution in [0.25, 0.3) is 0 Å². The maximum absolute atomic E-state index is 12.9. The molecule has 1 aliphatic heterocycles. The molecule has 28 heavy (non-hydrogen) atoms. The van der Waals surface area contributed by atoms with Crippen molar-refractivity contribution in [3.8, 4) is 0 Å². The minimum absolute atomic E-state index is 0.183. The van der Waals surface area contributed by atoms with Crippen LogP contribution >= 0.6 is 11.6 Å². The molecule has 0 saturated carbocycles. The van der Waals surface area contributed by atoms with Gasteiger partial charge in [0.05, 0.1) is 16.1 Å². The normalized spacial score (nSPS) is 18.1. The Morgan fingerprint density at radius 1 is 1.18 bits per heavy atom. The molecule has 0 bridgehead atoms. The number of carbonyl (C=O) groups excluding carboxylic acids is 1. The average Bonchev–Trinajstić information content (AvgIpc) is 2.66. The number of hydrogen-bond acceptors (Lipinski definition) is 2. The SMILES string of the molecule is CN1CCCCC1c1ccc(CNC(=O)c2cccc(C(F)(F)F)c2Cl)cc1. The predicted molar refractivity (Wildman–Crippen MR) is 103 cm³/mol. The number of hydrogen-bond donors (Lipinski definition) is 1. The van der Waals surface area contributed by atoms with Crippen LogP contribution in [0.1, 0.15) is 52.4 Å². The minimum Gasteiger partial charge on any atom is -0.348 e. The zero-order valence-corrected chi connectivity index (χ0v) is 16.3. The lowest BCUT2D eigenvalue weighted by atomic mass is 9.95. The van der Waals surface area contributed by atoms with Crippen LogP contribution in [0.2, 0.25) is 5.02 Å². The highest BCUT2D eigenvalue weighted by Gasteiger charge is 2.34. The van der Waals surface area contributed by atoms with Crippen LogP contribution in [0.3, 0.4) is 0 Å². The van der Waals surface area contributed by atoms with Crippen molar-refractivity contribution in [1.82, 2.24) is 10.2 Å². The summed E-state index contributed by atoms with van der Waals surface area (Å²) in [6, 6.07) is 11.7. The molecule has 1 aliphatic rings. The van der Waals surface area contributed by atoms with E-state index in [1.807, 2.05) is 24.3 Å². The summed E-state index contributed by atoms with van der Waals surface area (Å²) in [7, 11) is 2.12. The van der Waals surface area contributed by atoms with Crippen LogP contribution in [0.5, 0.6) is 0 Å². The number of nitrogens with zero attached hydrogens (tertiary/aromatic N) is 1. The third-order valence-corrected chi connectivity index (χ3v) is 5.54. The van der Waals surface area contributed by atoms with E-state index in [9.17, 15) is 18.0 Å². The summed E-state index contributed by atoms with van der Waals surface area (Å²) in [5.74, 6) is -0.632. The van der Waals surface area contributed by atoms with Crippen molar-refractivity contribution >= 4 is 17.5 Å². The number of halogens is 4. The van der Waals surface area contributed by atoms with E-state index in [1.54, 1.807) is 0 Å². The number of rotatable bonds is 4. The van der Waals surface area contributed by atoms with Gasteiger partial charge in [0.2, 0.25) is 0 Å². The quantitative estimate of drug-likeness (QED) is 0.727. The van der Waals surface area contributed by atoms with Crippen LogP contribution in [0.4, 0.5) is 13.2 Å². The molecule has 1 saturated heterocycles. The molecule has 0 aliphatic carbocycles. The summed E-state index contributed by atoms with van der Waals surface area (Å²) in [5, 5.41) is 2.06. The van der Waals surface area contributed by atoms with Crippen molar-refractivity contribution in [2.45, 2.75) is 38.0 Å². The fourth-order valence-corrected chi connectivity index (χ4v) is 3.88. The van der Waals surface area contributed by atoms with Gasteiger partial charge in [0.15, 0.2) is 0 Å². The summed E-state index contributed by atoms with van der Waals surface area (Å²) >= 11 is 5.81. The monoisotopic (exact) mass is 410 g/mol. The first-order valence-electron chi connectivity index (χ1n) is 9.20. The lowest BCUT2D eigenvalue weighted by Crippen LogP contribution is -2.29. The minimum atomic E-state index is -4.60. The van der Waals surface area contributed by atoms with Crippen LogP contribution in [-0.2, 0) is 12.7 Å². The molecule has 0 spiro atoms. The Bertz CT molecular complexity index is 837. The van der Waals surface area contributed by atoms with Gasteiger partial charge < -0.3 is 5.32 Å². The third-order valence-electron chi connectivity index (χ3n) is 5.14. The summed E-state index contributed by atoms with van der Waals surface area (Å²) < 4.78 is 38.8. The van der Waals surface area contributed by atoms with Gasteiger partial charge >= 0.3 is 6.18 Å². The van der Waals surface area contributed by atoms with Crippen LogP contribution in [-0.4, -0.2) is 24.4 Å². The van der Waals surface area contributed by atoms with Crippen LogP contribution in [0, 0.1) is 0 Å². The zero-order chi connectivity index (χ0) is 20.3. The molecule has 1 N–H and O–H groups in total. The molecule has 1 atom stereocenters. The van der Waals surface area contributed by atoms with Gasteiger partial charge in [-0.3, -0.25) is 9.69 Å². The summed E-state index contributed by atoms with van der Waals surface area (Å²) in [4.78, 5) is 14.6. The molecule has 3 rings (SSSR count). The maximum Gasteiger partial charge on any atom is 0.417 e. The number of piperidine rings is 1. The van der Waals surface area contributed by atoms with Crippen LogP contribution < -0.4 is 5.32 Å². The third kappa shape index (κ3) is 4.67. The van der Waals surface area contributed by atoms with Gasteiger partial charge in [-0.05, 0) is 49.7 Å². The highest BCUT2D eigenvalue weighted by atomic mass is 35.5. The molecule has 7 heteroatoms. The standard InChI is InChI=1S/C21H22ClF3N2O/c1-27-12-3-2-7-18(27)15-10-8-14(9-11-15)13-26-20(28)16-5-4-6-17(19(16)22)21(23,24)25/h4-6,8-11,18H,2-3,7,12-13H2,1H3,(H,26,28). The number of carbonyl (C=O) groups is 1. The average molecular weight is 411 g/mol. The number of amides is 1. The number of likely N-dealkylation sites (tertiary alicyclic amines) is 1. The second-order valence-corrected chi connectivity index (χ2v) is 7.46. The van der Waals surface area contributed by atoms with Crippen molar-refractivity contribution in [3.05, 3.63) is 69.7 Å². The van der Waals surface area contributed by atoms with Gasteiger partial charge in [0, 0.05) is 12.6 Å². The van der Waals surface area contributed by atoms with Gasteiger partial charge in [-0.25, -0.2) is 0 Å². The molecule has 2 aromatic carbocycles. The van der Waals surface area contributed by atoms with E-state index in [1.165, 1.54) is 30.5 Å². The second kappa shape index (κ2) is 8.53. The molecule has 1 unspecified atom stereocenters. The second-order valence-electron chi connectivity index (χ2n) is 7.08. The molecule has 0 radical (unpaired) electrons. The Kier molecular flexibility index (Phi) is 6.30. The molecule has 0 aromatic heterocycles. The van der Waals surface area contributed by atoms with Crippen molar-refractivity contribution < 1.29 is 18.0 Å². The first kappa shape index (κ1) is 20.7. The Hall–Kier alpha value is -2.05. The van der Waals surface area contributed by atoms with E-state index in [4.69, 9.17) is 11.6 Å². The van der Waals surface area contributed by atoms with Gasteiger partial charge in [0.1, 0.15) is 0 Å². The molecular formula is C21H22ClF3N2O. The summed E-state index contributed by atoms with van der Waals surface area (Å²) in [5.41, 5.74) is 0.913. The Balaban J connectivity index is 1.65. The van der Waals surface area contributed by atoms with E-state index in [-0.39, 0.29) is 12.1 Å². The van der Waals surface area contributed by atoms with E-state index < -0.39 is 22.7 Å². The van der Waals surface area contributed by atoms with Gasteiger partial charge in [-0.1, -0.05) is 48.4 Å². The van der Waals surface area contributed by atoms with E-state index in [0.717, 1.165) is 24.6 Å². The van der Waals surface area contributed by atoms with E-state index >= 15 is 0 Å². The van der Waals surface area contributed by atoms with Crippen molar-refractivity contribution in [2.24, 2.45) is 0 Å². The number of nitrogens with one attached hydrogen (secondary N) is 1. The molecule has 3 nitrogen and oxygen atoms in total. The Labute approximate surface area is 167 Å². The Morgan fingerprint density at radius 3 is 2.54 bits per heavy atom. The van der Waals surface area contributed by atoms with E-state index in [2.05, 4.69) is 17.3 Å². The molecule has 2 aromatic rings. The number of benzene rings is 2. The maximum atomic E-state index is 12.9. The highest BCUT2D eigenvalue weighted by molar-refractivity contribution is 6.34. The van der Waals surface area contributed by atoms with Crippen LogP contribution in [0.15, 0.2) is 42.5 Å². The molecule has 150 valence electrons. The smallest absolute Gasteiger partial charge is 0.348 e. The zero-order valence-electron chi connectivity index (χ0n) is 15.5. The summed E-state index contributed by atoms with van der Waals surface area (Å²) in [6.45, 7) is 1.30. The topological polar surface area (TPSA) is 32.3 Å². The summed E-state index contributed by atoms with van der Waals surface area (Å²) in [6.07, 6.45) is -1.05. The van der Waals surface area contributed by atoms with Crippen molar-refractivity contribution in [3.63, 3.8) is 0 Å². The first-order chi connectivity index (χ1) is 13.3. The highest BCUT2D eigenvalue weighted by Crippen LogP contribution is 2.36. The van der Waals surface area contributed by atoms with Crippen molar-refractivity contribution in [1.29, 1.82) is 0 Å². The Morgan fingerprint density at radius 2 is 1.89 bits per heavy atom. The van der Waals surface area contributed by atoms with Gasteiger partial charge in [-0.15, -0.1) is 0 Å². The fourth-order valence-electron chi connectivity index (χ4n) is 3.56. The number of alkyl halides is 3. The largest absolute Gasteiger partial charge is 0.417 e. The predicted octanol–water partition coefficient (Wildman–Crippen LogP) is 5.45. The molecule has 1 amide bonds. The molecular weight excluding hydrogens is 389 g/mol. The first-order valence-corrected chi connectivity index (χ1v) is 9.58. The van der Waals surface area contributed by atoms with Gasteiger partial charge in [0.25, 0.3) is 5.91 Å². The molecule has 1 fully saturated rings.